The Morgan fingerprint density at radius 3 is 2.48 bits per heavy atom. The molecule has 0 radical (unpaired) electrons. The topological polar surface area (TPSA) is 34.0 Å². The van der Waals surface area contributed by atoms with Crippen LogP contribution in [0.3, 0.4) is 0 Å². The van der Waals surface area contributed by atoms with E-state index in [0.717, 1.165) is 23.1 Å². The number of rotatable bonds is 4. The molecule has 1 heterocycles. The Labute approximate surface area is 137 Å². The molecule has 4 atom stereocenters. The number of benzene rings is 1. The molecule has 2 aromatic rings. The third-order valence-corrected chi connectivity index (χ3v) is 5.83. The summed E-state index contributed by atoms with van der Waals surface area (Å²) in [5.74, 6) is 2.49. The van der Waals surface area contributed by atoms with Crippen molar-refractivity contribution in [3.05, 3.63) is 54.4 Å². The van der Waals surface area contributed by atoms with Gasteiger partial charge < -0.3 is 9.88 Å². The molecule has 2 saturated carbocycles. The van der Waals surface area contributed by atoms with Gasteiger partial charge in [-0.2, -0.15) is 0 Å². The predicted molar refractivity (Wildman–Crippen MR) is 91.6 cm³/mol. The Morgan fingerprint density at radius 1 is 1.13 bits per heavy atom. The van der Waals surface area contributed by atoms with Crippen LogP contribution in [0.4, 0.5) is 0 Å². The number of aromatic nitrogens is 1. The lowest BCUT2D eigenvalue weighted by atomic mass is 9.84. The van der Waals surface area contributed by atoms with E-state index in [1.54, 1.807) is 0 Å². The molecule has 2 bridgehead atoms. The first-order valence-electron chi connectivity index (χ1n) is 8.75. The van der Waals surface area contributed by atoms with Crippen molar-refractivity contribution in [3.63, 3.8) is 0 Å². The Bertz CT molecular complexity index is 674. The van der Waals surface area contributed by atoms with Crippen molar-refractivity contribution in [1.82, 2.24) is 9.88 Å². The average molecular weight is 308 g/mol. The fraction of sp³-hybridized carbons (Fsp3) is 0.450. The largest absolute Gasteiger partial charge is 0.349 e. The van der Waals surface area contributed by atoms with Crippen LogP contribution < -0.4 is 5.32 Å². The maximum Gasteiger partial charge on any atom is 0.251 e. The Hall–Kier alpha value is -2.03. The second-order valence-electron chi connectivity index (χ2n) is 7.24. The smallest absolute Gasteiger partial charge is 0.251 e. The standard InChI is InChI=1S/C20H24N2O/c1-14(19-13-15-4-5-17(19)12-15)21-20(23)16-6-8-18(9-7-16)22-10-2-3-11-22/h2-3,6-11,14-15,17,19H,4-5,12-13H2,1H3,(H,21,23). The highest BCUT2D eigenvalue weighted by Crippen LogP contribution is 2.49. The minimum absolute atomic E-state index is 0.0549. The van der Waals surface area contributed by atoms with Crippen LogP contribution in [-0.2, 0) is 0 Å². The van der Waals surface area contributed by atoms with Gasteiger partial charge in [0, 0.05) is 29.7 Å². The van der Waals surface area contributed by atoms with E-state index < -0.39 is 0 Å². The first kappa shape index (κ1) is 14.6. The van der Waals surface area contributed by atoms with E-state index in [1.165, 1.54) is 25.7 Å². The summed E-state index contributed by atoms with van der Waals surface area (Å²) in [5.41, 5.74) is 1.82. The van der Waals surface area contributed by atoms with Crippen molar-refractivity contribution < 1.29 is 4.79 Å². The molecule has 0 aliphatic heterocycles. The van der Waals surface area contributed by atoms with Gasteiger partial charge in [-0.3, -0.25) is 4.79 Å². The SMILES string of the molecule is CC(NC(=O)c1ccc(-n2cccc2)cc1)C1CC2CCC1C2. The molecule has 2 fully saturated rings. The molecule has 3 nitrogen and oxygen atoms in total. The summed E-state index contributed by atoms with van der Waals surface area (Å²) in [6, 6.07) is 12.1. The number of carbonyl (C=O) groups excluding carboxylic acids is 1. The minimum atomic E-state index is 0.0549. The summed E-state index contributed by atoms with van der Waals surface area (Å²) in [4.78, 5) is 12.5. The molecular formula is C20H24N2O. The molecule has 23 heavy (non-hydrogen) atoms. The number of hydrogen-bond donors (Lipinski definition) is 1. The van der Waals surface area contributed by atoms with Gasteiger partial charge in [0.15, 0.2) is 0 Å². The predicted octanol–water partition coefficient (Wildman–Crippen LogP) is 4.03. The van der Waals surface area contributed by atoms with Crippen LogP contribution in [0.1, 0.15) is 43.0 Å². The summed E-state index contributed by atoms with van der Waals surface area (Å²) < 4.78 is 2.04. The average Bonchev–Trinajstić information content (AvgIpc) is 3.32. The molecule has 0 spiro atoms. The summed E-state index contributed by atoms with van der Waals surface area (Å²) in [7, 11) is 0. The van der Waals surface area contributed by atoms with E-state index in [9.17, 15) is 4.79 Å². The van der Waals surface area contributed by atoms with Gasteiger partial charge in [0.25, 0.3) is 5.91 Å². The van der Waals surface area contributed by atoms with Crippen LogP contribution in [0, 0.1) is 17.8 Å². The van der Waals surface area contributed by atoms with E-state index in [4.69, 9.17) is 0 Å². The second kappa shape index (κ2) is 5.88. The molecule has 1 N–H and O–H groups in total. The first-order chi connectivity index (χ1) is 11.2. The van der Waals surface area contributed by atoms with E-state index in [0.29, 0.717) is 5.92 Å². The molecule has 3 heteroatoms. The molecule has 0 saturated heterocycles. The van der Waals surface area contributed by atoms with Gasteiger partial charge >= 0.3 is 0 Å². The third kappa shape index (κ3) is 2.80. The highest BCUT2D eigenvalue weighted by Gasteiger charge is 2.42. The van der Waals surface area contributed by atoms with Crippen molar-refractivity contribution in [3.8, 4) is 5.69 Å². The fourth-order valence-electron chi connectivity index (χ4n) is 4.60. The van der Waals surface area contributed by atoms with Crippen molar-refractivity contribution in [1.29, 1.82) is 0 Å². The number of fused-ring (bicyclic) bond motifs is 2. The maximum absolute atomic E-state index is 12.5. The van der Waals surface area contributed by atoms with Crippen molar-refractivity contribution in [2.75, 3.05) is 0 Å². The Kier molecular flexibility index (Phi) is 3.72. The summed E-state index contributed by atoms with van der Waals surface area (Å²) in [6.07, 6.45) is 9.47. The highest BCUT2D eigenvalue weighted by atomic mass is 16.1. The number of amides is 1. The monoisotopic (exact) mass is 308 g/mol. The molecule has 120 valence electrons. The lowest BCUT2D eigenvalue weighted by Gasteiger charge is -2.28. The van der Waals surface area contributed by atoms with Crippen LogP contribution in [-0.4, -0.2) is 16.5 Å². The third-order valence-electron chi connectivity index (χ3n) is 5.83. The van der Waals surface area contributed by atoms with Gasteiger partial charge in [-0.05, 0) is 80.3 Å². The zero-order chi connectivity index (χ0) is 15.8. The zero-order valence-electron chi connectivity index (χ0n) is 13.6. The van der Waals surface area contributed by atoms with Crippen LogP contribution >= 0.6 is 0 Å². The van der Waals surface area contributed by atoms with Gasteiger partial charge in [0.1, 0.15) is 0 Å². The van der Waals surface area contributed by atoms with Crippen molar-refractivity contribution in [2.45, 2.75) is 38.6 Å². The molecule has 2 aliphatic rings. The Balaban J connectivity index is 1.41. The number of nitrogens with one attached hydrogen (secondary N) is 1. The van der Waals surface area contributed by atoms with Crippen LogP contribution in [0.25, 0.3) is 5.69 Å². The van der Waals surface area contributed by atoms with Gasteiger partial charge in [0.2, 0.25) is 0 Å². The summed E-state index contributed by atoms with van der Waals surface area (Å²) >= 11 is 0. The number of nitrogens with zero attached hydrogens (tertiary/aromatic N) is 1. The molecule has 1 aromatic heterocycles. The highest BCUT2D eigenvalue weighted by molar-refractivity contribution is 5.94. The molecular weight excluding hydrogens is 284 g/mol. The van der Waals surface area contributed by atoms with E-state index >= 15 is 0 Å². The van der Waals surface area contributed by atoms with E-state index in [-0.39, 0.29) is 11.9 Å². The fourth-order valence-corrected chi connectivity index (χ4v) is 4.60. The molecule has 1 amide bonds. The van der Waals surface area contributed by atoms with Crippen molar-refractivity contribution >= 4 is 5.91 Å². The lowest BCUT2D eigenvalue weighted by molar-refractivity contribution is 0.0915. The number of hydrogen-bond acceptors (Lipinski definition) is 1. The van der Waals surface area contributed by atoms with E-state index in [2.05, 4.69) is 12.2 Å². The maximum atomic E-state index is 12.5. The minimum Gasteiger partial charge on any atom is -0.349 e. The van der Waals surface area contributed by atoms with Crippen molar-refractivity contribution in [2.24, 2.45) is 17.8 Å². The van der Waals surface area contributed by atoms with E-state index in [1.807, 2.05) is 53.4 Å². The molecule has 4 unspecified atom stereocenters. The molecule has 2 aliphatic carbocycles. The van der Waals surface area contributed by atoms with Gasteiger partial charge in [0.05, 0.1) is 0 Å². The zero-order valence-corrected chi connectivity index (χ0v) is 13.6. The lowest BCUT2D eigenvalue weighted by Crippen LogP contribution is -2.40. The van der Waals surface area contributed by atoms with Gasteiger partial charge in [-0.25, -0.2) is 0 Å². The van der Waals surface area contributed by atoms with Crippen LogP contribution in [0.15, 0.2) is 48.8 Å². The molecule has 1 aromatic carbocycles. The summed E-state index contributed by atoms with van der Waals surface area (Å²) in [6.45, 7) is 2.18. The summed E-state index contributed by atoms with van der Waals surface area (Å²) in [5, 5.41) is 3.23. The quantitative estimate of drug-likeness (QED) is 0.909. The normalized spacial score (nSPS) is 27.1. The molecule has 4 rings (SSSR count). The van der Waals surface area contributed by atoms with Gasteiger partial charge in [-0.15, -0.1) is 0 Å². The first-order valence-corrected chi connectivity index (χ1v) is 8.75. The Morgan fingerprint density at radius 2 is 1.87 bits per heavy atom. The van der Waals surface area contributed by atoms with Crippen LogP contribution in [0.2, 0.25) is 0 Å². The second-order valence-corrected chi connectivity index (χ2v) is 7.24. The number of carbonyl (C=O) groups is 1. The van der Waals surface area contributed by atoms with Gasteiger partial charge in [-0.1, -0.05) is 6.42 Å². The van der Waals surface area contributed by atoms with Crippen LogP contribution in [0.5, 0.6) is 0 Å².